The molecule has 0 bridgehead atoms. The Morgan fingerprint density at radius 2 is 0.579 bits per heavy atom. The predicted molar refractivity (Wildman–Crippen MR) is 250 cm³/mol. The molecule has 0 amide bonds. The van der Waals surface area contributed by atoms with E-state index in [1.165, 1.54) is 250 Å². The number of hydrogen-bond donors (Lipinski definition) is 0. The van der Waals surface area contributed by atoms with E-state index in [4.69, 9.17) is 13.3 Å². The minimum Gasteiger partial charge on any atom is -0.376 e. The first-order chi connectivity index (χ1) is 28.2. The van der Waals surface area contributed by atoms with Gasteiger partial charge in [-0.2, -0.15) is 0 Å². The van der Waals surface area contributed by atoms with Gasteiger partial charge in [0, 0.05) is 26.7 Å². The third-order valence-electron chi connectivity index (χ3n) is 14.7. The molecule has 57 heavy (non-hydrogen) atoms. The summed E-state index contributed by atoms with van der Waals surface area (Å²) in [4.78, 5) is 0. The van der Waals surface area contributed by atoms with E-state index in [1.54, 1.807) is 22.3 Å². The summed E-state index contributed by atoms with van der Waals surface area (Å²) in [6.07, 6.45) is 64.3. The zero-order valence-corrected chi connectivity index (χ0v) is 39.4. The van der Waals surface area contributed by atoms with Crippen LogP contribution in [0.15, 0.2) is 46.6 Å². The maximum Gasteiger partial charge on any atom is 0.509 e. The lowest BCUT2D eigenvalue weighted by molar-refractivity contribution is 0.102. The minimum atomic E-state index is -3.31. The average Bonchev–Trinajstić information content (AvgIpc) is 3.20. The van der Waals surface area contributed by atoms with Crippen LogP contribution in [-0.2, 0) is 13.3 Å². The molecule has 4 aliphatic rings. The first-order valence-corrected chi connectivity index (χ1v) is 27.5. The first-order valence-electron chi connectivity index (χ1n) is 25.7. The van der Waals surface area contributed by atoms with E-state index in [0.717, 1.165) is 6.42 Å². The van der Waals surface area contributed by atoms with Crippen molar-refractivity contribution in [3.05, 3.63) is 46.6 Å². The second-order valence-corrected chi connectivity index (χ2v) is 21.9. The molecule has 0 spiro atoms. The summed E-state index contributed by atoms with van der Waals surface area (Å²) in [5, 5.41) is 0. The fourth-order valence-electron chi connectivity index (χ4n) is 11.5. The van der Waals surface area contributed by atoms with Gasteiger partial charge in [0.15, 0.2) is 0 Å². The Bertz CT molecular complexity index is 1060. The normalized spacial score (nSPS) is 27.6. The van der Waals surface area contributed by atoms with Gasteiger partial charge in [0.1, 0.15) is 0 Å². The van der Waals surface area contributed by atoms with Crippen molar-refractivity contribution in [3.8, 4) is 0 Å². The van der Waals surface area contributed by atoms with Crippen LogP contribution < -0.4 is 0 Å². The van der Waals surface area contributed by atoms with Crippen molar-refractivity contribution in [2.75, 3.05) is 21.3 Å². The molecular weight excluding hydrogens is 713 g/mol. The Morgan fingerprint density at radius 3 is 0.877 bits per heavy atom. The third kappa shape index (κ3) is 16.1. The summed E-state index contributed by atoms with van der Waals surface area (Å²) in [5.41, 5.74) is 6.62. The summed E-state index contributed by atoms with van der Waals surface area (Å²) in [7, 11) is 2.54. The molecule has 0 saturated carbocycles. The zero-order chi connectivity index (χ0) is 40.1. The van der Waals surface area contributed by atoms with Crippen molar-refractivity contribution in [2.24, 2.45) is 5.41 Å². The average molecular weight is 807 g/mol. The molecule has 0 aromatic heterocycles. The Morgan fingerprint density at radius 1 is 0.333 bits per heavy atom. The minimum absolute atomic E-state index is 0.0606. The SMILES string of the molecule is CO[Si](OC)(OC)C(/C1=C/CCCCCCCCCC1)C(/C1=C/CCCCCCCCCC1)(/C1=C/CCCCCCCCCC1)/C1=C/CCCCCCCCCC1. The van der Waals surface area contributed by atoms with E-state index < -0.39 is 8.80 Å². The van der Waals surface area contributed by atoms with Crippen molar-refractivity contribution < 1.29 is 13.3 Å². The van der Waals surface area contributed by atoms with E-state index in [0.29, 0.717) is 0 Å². The Kier molecular flexibility index (Phi) is 25.8. The van der Waals surface area contributed by atoms with E-state index in [2.05, 4.69) is 24.3 Å². The Balaban J connectivity index is 2.12. The lowest BCUT2D eigenvalue weighted by Crippen LogP contribution is -2.56. The van der Waals surface area contributed by atoms with Crippen LogP contribution in [0.5, 0.6) is 0 Å². The third-order valence-corrected chi connectivity index (χ3v) is 17.9. The molecular formula is C53H94O3Si. The molecule has 0 aromatic carbocycles. The number of allylic oxidation sites excluding steroid dienone is 8. The molecule has 3 nitrogen and oxygen atoms in total. The molecule has 4 aliphatic carbocycles. The highest BCUT2D eigenvalue weighted by Crippen LogP contribution is 2.63. The summed E-state index contributed by atoms with van der Waals surface area (Å²) >= 11 is 0. The van der Waals surface area contributed by atoms with Crippen molar-refractivity contribution in [3.63, 3.8) is 0 Å². The van der Waals surface area contributed by atoms with Gasteiger partial charge in [-0.15, -0.1) is 0 Å². The first kappa shape index (κ1) is 48.7. The van der Waals surface area contributed by atoms with Gasteiger partial charge < -0.3 is 13.3 Å². The van der Waals surface area contributed by atoms with E-state index in [9.17, 15) is 0 Å². The molecule has 0 N–H and O–H groups in total. The van der Waals surface area contributed by atoms with Crippen LogP contribution in [0.25, 0.3) is 0 Å². The van der Waals surface area contributed by atoms with Crippen LogP contribution in [0, 0.1) is 5.41 Å². The van der Waals surface area contributed by atoms with Crippen molar-refractivity contribution in [1.29, 1.82) is 0 Å². The van der Waals surface area contributed by atoms with Crippen LogP contribution in [0.4, 0.5) is 0 Å². The van der Waals surface area contributed by atoms with Crippen LogP contribution in [-0.4, -0.2) is 30.1 Å². The highest BCUT2D eigenvalue weighted by atomic mass is 28.4. The summed E-state index contributed by atoms with van der Waals surface area (Å²) in [6.45, 7) is 0. The fourth-order valence-corrected chi connectivity index (χ4v) is 14.5. The number of rotatable bonds is 9. The largest absolute Gasteiger partial charge is 0.509 e. The van der Waals surface area contributed by atoms with Crippen molar-refractivity contribution >= 4 is 8.80 Å². The molecule has 4 heteroatoms. The predicted octanol–water partition coefficient (Wildman–Crippen LogP) is 17.6. The van der Waals surface area contributed by atoms with Crippen LogP contribution in [0.3, 0.4) is 0 Å². The molecule has 1 unspecified atom stereocenters. The van der Waals surface area contributed by atoms with Crippen LogP contribution in [0.2, 0.25) is 5.54 Å². The second-order valence-electron chi connectivity index (χ2n) is 18.9. The smallest absolute Gasteiger partial charge is 0.376 e. The van der Waals surface area contributed by atoms with Gasteiger partial charge in [0.05, 0.1) is 5.54 Å². The van der Waals surface area contributed by atoms with Gasteiger partial charge in [-0.05, 0) is 103 Å². The standard InChI is InChI=1S/C53H94O3Si/c1-54-57(55-2,56-3)52(48-40-32-24-16-8-4-9-17-25-33-41-48)53(49-42-34-26-18-10-5-11-19-27-35-43-49,50-44-36-28-20-12-6-13-21-29-37-45-50)51-46-38-30-22-14-7-15-23-31-39-47-51/h40,42,44,46,52H,4-39,41,43,45,47H2,1-3H3/b48-40+,49-42+,50-44+,51-46+. The Hall–Kier alpha value is -0.943. The lowest BCUT2D eigenvalue weighted by atomic mass is 9.59. The summed E-state index contributed by atoms with van der Waals surface area (Å²) in [5.74, 6) is 0. The molecule has 0 fully saturated rings. The Labute approximate surface area is 356 Å². The molecule has 0 heterocycles. The highest BCUT2D eigenvalue weighted by Gasteiger charge is 2.62. The maximum absolute atomic E-state index is 6.99. The topological polar surface area (TPSA) is 27.7 Å². The second kappa shape index (κ2) is 30.1. The highest BCUT2D eigenvalue weighted by molar-refractivity contribution is 6.63. The van der Waals surface area contributed by atoms with Gasteiger partial charge in [-0.25, -0.2) is 0 Å². The van der Waals surface area contributed by atoms with Gasteiger partial charge in [0.25, 0.3) is 0 Å². The quantitative estimate of drug-likeness (QED) is 0.172. The number of hydrogen-bond acceptors (Lipinski definition) is 3. The van der Waals surface area contributed by atoms with Gasteiger partial charge in [0.2, 0.25) is 0 Å². The summed E-state index contributed by atoms with van der Waals surface area (Å²) in [6, 6.07) is 0. The van der Waals surface area contributed by atoms with Gasteiger partial charge in [-0.3, -0.25) is 0 Å². The van der Waals surface area contributed by atoms with E-state index >= 15 is 0 Å². The molecule has 328 valence electrons. The fraction of sp³-hybridized carbons (Fsp3) is 0.849. The van der Waals surface area contributed by atoms with E-state index in [1.807, 2.05) is 21.3 Å². The molecule has 1 atom stereocenters. The monoisotopic (exact) mass is 807 g/mol. The molecule has 0 radical (unpaired) electrons. The van der Waals surface area contributed by atoms with Crippen LogP contribution >= 0.6 is 0 Å². The summed E-state index contributed by atoms with van der Waals surface area (Å²) < 4.78 is 21.0. The lowest BCUT2D eigenvalue weighted by Gasteiger charge is -2.52. The molecule has 0 aliphatic heterocycles. The van der Waals surface area contributed by atoms with Gasteiger partial charge in [-0.1, -0.05) is 201 Å². The van der Waals surface area contributed by atoms with Crippen LogP contribution in [0.1, 0.15) is 257 Å². The van der Waals surface area contributed by atoms with Gasteiger partial charge >= 0.3 is 8.80 Å². The van der Waals surface area contributed by atoms with Crippen molar-refractivity contribution in [2.45, 2.75) is 262 Å². The zero-order valence-electron chi connectivity index (χ0n) is 38.4. The molecule has 0 saturated heterocycles. The molecule has 4 rings (SSSR count). The van der Waals surface area contributed by atoms with E-state index in [-0.39, 0.29) is 11.0 Å². The maximum atomic E-state index is 6.99. The molecule has 0 aromatic rings. The van der Waals surface area contributed by atoms with Crippen molar-refractivity contribution in [1.82, 2.24) is 0 Å².